The predicted molar refractivity (Wildman–Crippen MR) is 25.9 cm³/mol. The van der Waals surface area contributed by atoms with Crippen molar-refractivity contribution >= 4 is 24.1 Å². The maximum atomic E-state index is 9.53. The normalized spacial score (nSPS) is 10.4. The van der Waals surface area contributed by atoms with Crippen LogP contribution in [0.1, 0.15) is 0 Å². The molecule has 0 heterocycles. The Hall–Kier alpha value is -0.290. The molecule has 0 amide bonds. The van der Waals surface area contributed by atoms with Crippen molar-refractivity contribution in [2.45, 2.75) is 0 Å². The van der Waals surface area contributed by atoms with Gasteiger partial charge in [-0.3, -0.25) is 0 Å². The molecule has 0 radical (unpaired) electrons. The molecule has 5 nitrogen and oxygen atoms in total. The molecule has 0 aromatic carbocycles. The number of hydrogen-bond donors (Lipinski definition) is 1. The van der Waals surface area contributed by atoms with Crippen LogP contribution >= 0.6 is 8.25 Å². The van der Waals surface area contributed by atoms with Crippen molar-refractivity contribution < 1.29 is 22.4 Å². The summed E-state index contributed by atoms with van der Waals surface area (Å²) in [7, 11) is -5.36. The first-order chi connectivity index (χ1) is 3.63. The lowest BCUT2D eigenvalue weighted by Crippen LogP contribution is -1.73. The Balaban J connectivity index is 3.81. The first-order valence-corrected chi connectivity index (χ1v) is 3.64. The van der Waals surface area contributed by atoms with E-state index in [0.29, 0.717) is 0 Å². The van der Waals surface area contributed by atoms with Gasteiger partial charge in [0.2, 0.25) is 15.8 Å². The SMILES string of the molecule is O=[P+](O)OC=S(=O)=O. The van der Waals surface area contributed by atoms with E-state index in [1.165, 1.54) is 0 Å². The van der Waals surface area contributed by atoms with E-state index in [-0.39, 0.29) is 5.55 Å². The van der Waals surface area contributed by atoms with E-state index in [1.54, 1.807) is 0 Å². The number of rotatable bonds is 2. The minimum Gasteiger partial charge on any atom is -0.182 e. The molecule has 0 fully saturated rings. The van der Waals surface area contributed by atoms with E-state index in [4.69, 9.17) is 4.89 Å². The van der Waals surface area contributed by atoms with Gasteiger partial charge in [-0.2, -0.15) is 8.42 Å². The van der Waals surface area contributed by atoms with E-state index in [1.807, 2.05) is 0 Å². The minimum atomic E-state index is -2.83. The molecule has 0 bridgehead atoms. The monoisotopic (exact) mass is 157 g/mol. The van der Waals surface area contributed by atoms with Crippen LogP contribution in [0.3, 0.4) is 0 Å². The van der Waals surface area contributed by atoms with Crippen molar-refractivity contribution in [3.8, 4) is 0 Å². The van der Waals surface area contributed by atoms with Crippen molar-refractivity contribution in [2.75, 3.05) is 0 Å². The van der Waals surface area contributed by atoms with Crippen LogP contribution in [0.25, 0.3) is 0 Å². The molecule has 0 aliphatic heterocycles. The molecule has 1 unspecified atom stereocenters. The van der Waals surface area contributed by atoms with Gasteiger partial charge in [0.15, 0.2) is 0 Å². The Morgan fingerprint density at radius 1 is 1.62 bits per heavy atom. The van der Waals surface area contributed by atoms with Crippen LogP contribution in [0.15, 0.2) is 0 Å². The summed E-state index contributed by atoms with van der Waals surface area (Å²) in [4.78, 5) is 7.78. The van der Waals surface area contributed by atoms with E-state index < -0.39 is 18.5 Å². The zero-order valence-electron chi connectivity index (χ0n) is 3.51. The highest BCUT2D eigenvalue weighted by Gasteiger charge is 2.08. The van der Waals surface area contributed by atoms with Gasteiger partial charge < -0.3 is 0 Å². The van der Waals surface area contributed by atoms with Gasteiger partial charge in [-0.1, -0.05) is 4.52 Å². The van der Waals surface area contributed by atoms with Crippen LogP contribution in [0.4, 0.5) is 0 Å². The Bertz CT molecular complexity index is 192. The van der Waals surface area contributed by atoms with Gasteiger partial charge in [0.25, 0.3) is 0 Å². The highest BCUT2D eigenvalue weighted by Crippen LogP contribution is 2.10. The average Bonchev–Trinajstić information content (AvgIpc) is 1.61. The molecular weight excluding hydrogens is 155 g/mol. The molecule has 0 spiro atoms. The average molecular weight is 157 g/mol. The Morgan fingerprint density at radius 2 is 2.12 bits per heavy atom. The summed E-state index contributed by atoms with van der Waals surface area (Å²) < 4.78 is 32.1. The van der Waals surface area contributed by atoms with Crippen LogP contribution in [0.2, 0.25) is 0 Å². The van der Waals surface area contributed by atoms with Crippen molar-refractivity contribution in [3.63, 3.8) is 0 Å². The van der Waals surface area contributed by atoms with Gasteiger partial charge in [0.05, 0.1) is 0 Å². The summed E-state index contributed by atoms with van der Waals surface area (Å²) in [5.74, 6) is 0. The molecule has 1 atom stereocenters. The van der Waals surface area contributed by atoms with E-state index >= 15 is 0 Å². The van der Waals surface area contributed by atoms with Gasteiger partial charge in [-0.15, -0.1) is 4.89 Å². The molecule has 0 saturated heterocycles. The fourth-order valence-corrected chi connectivity index (χ4v) is 0.648. The molecule has 7 heteroatoms. The Morgan fingerprint density at radius 3 is 2.25 bits per heavy atom. The predicted octanol–water partition coefficient (Wildman–Crippen LogP) is -0.709. The molecule has 46 valence electrons. The maximum absolute atomic E-state index is 9.53. The Kier molecular flexibility index (Phi) is 3.55. The van der Waals surface area contributed by atoms with Crippen LogP contribution in [-0.2, 0) is 19.4 Å². The third kappa shape index (κ3) is 5.71. The van der Waals surface area contributed by atoms with Crippen molar-refractivity contribution in [2.24, 2.45) is 0 Å². The molecule has 0 aromatic rings. The third-order valence-corrected chi connectivity index (χ3v) is 0.894. The molecule has 0 aliphatic carbocycles. The van der Waals surface area contributed by atoms with Gasteiger partial charge in [0, 0.05) is 4.57 Å². The fourth-order valence-electron chi connectivity index (χ4n) is 0.0719. The molecule has 0 aromatic heterocycles. The molecule has 0 rings (SSSR count). The first-order valence-electron chi connectivity index (χ1n) is 1.37. The highest BCUT2D eigenvalue weighted by atomic mass is 32.2. The van der Waals surface area contributed by atoms with Crippen molar-refractivity contribution in [3.05, 3.63) is 0 Å². The molecule has 8 heavy (non-hydrogen) atoms. The van der Waals surface area contributed by atoms with Gasteiger partial charge in [0.1, 0.15) is 0 Å². The summed E-state index contributed by atoms with van der Waals surface area (Å²) in [6, 6.07) is 0. The van der Waals surface area contributed by atoms with Crippen LogP contribution in [0, 0.1) is 0 Å². The van der Waals surface area contributed by atoms with Gasteiger partial charge in [-0.25, -0.2) is 0 Å². The smallest absolute Gasteiger partial charge is 0.182 e. The lowest BCUT2D eigenvalue weighted by molar-refractivity contribution is 0.415. The fraction of sp³-hybridized carbons (Fsp3) is 0. The summed E-state index contributed by atoms with van der Waals surface area (Å²) in [5.41, 5.74) is 0.249. The second-order valence-electron chi connectivity index (χ2n) is 0.700. The zero-order valence-corrected chi connectivity index (χ0v) is 5.22. The van der Waals surface area contributed by atoms with Crippen LogP contribution in [-0.4, -0.2) is 18.9 Å². The summed E-state index contributed by atoms with van der Waals surface area (Å²) in [5, 5.41) is 0. The van der Waals surface area contributed by atoms with Crippen molar-refractivity contribution in [1.82, 2.24) is 0 Å². The summed E-state index contributed by atoms with van der Waals surface area (Å²) >= 11 is 0. The molecular formula is CH2O5PS+. The molecule has 0 aliphatic rings. The second-order valence-corrected chi connectivity index (χ2v) is 2.10. The minimum absolute atomic E-state index is 0.249. The van der Waals surface area contributed by atoms with Crippen LogP contribution in [0.5, 0.6) is 0 Å². The lowest BCUT2D eigenvalue weighted by Gasteiger charge is -1.59. The van der Waals surface area contributed by atoms with Gasteiger partial charge >= 0.3 is 8.25 Å². The second kappa shape index (κ2) is 3.68. The largest absolute Gasteiger partial charge is 0.700 e. The van der Waals surface area contributed by atoms with E-state index in [0.717, 1.165) is 0 Å². The third-order valence-electron chi connectivity index (χ3n) is 0.212. The Labute approximate surface area is 47.4 Å². The van der Waals surface area contributed by atoms with Crippen LogP contribution < -0.4 is 0 Å². The van der Waals surface area contributed by atoms with Crippen molar-refractivity contribution in [1.29, 1.82) is 0 Å². The zero-order chi connectivity index (χ0) is 6.57. The lowest BCUT2D eigenvalue weighted by atomic mass is 11.7. The summed E-state index contributed by atoms with van der Waals surface area (Å²) in [6.07, 6.45) is 0. The molecule has 1 N–H and O–H groups in total. The maximum Gasteiger partial charge on any atom is 0.700 e. The van der Waals surface area contributed by atoms with Gasteiger partial charge in [-0.05, 0) is 0 Å². The topological polar surface area (TPSA) is 80.7 Å². The van der Waals surface area contributed by atoms with E-state index in [9.17, 15) is 13.0 Å². The standard InChI is InChI=1S/CHO5PS/c2-7(3)6-1-8(4)5/h1H/p+1. The quantitative estimate of drug-likeness (QED) is 0.423. The van der Waals surface area contributed by atoms with E-state index in [2.05, 4.69) is 4.52 Å². The first kappa shape index (κ1) is 7.71. The number of hydrogen-bond acceptors (Lipinski definition) is 4. The summed E-state index contributed by atoms with van der Waals surface area (Å²) in [6.45, 7) is 0. The molecule has 0 saturated carbocycles. The highest BCUT2D eigenvalue weighted by molar-refractivity contribution is 7.71.